The molecule has 0 aromatic carbocycles. The summed E-state index contributed by atoms with van der Waals surface area (Å²) >= 11 is 0. The molecule has 1 aliphatic rings. The number of rotatable bonds is 1. The first-order valence-electron chi connectivity index (χ1n) is 3.54. The molecule has 56 valence electrons. The number of nitrogens with zero attached hydrogens (tertiary/aromatic N) is 1. The number of hydrogen-bond donors (Lipinski definition) is 1. The zero-order valence-corrected chi connectivity index (χ0v) is 6.08. The molecular weight excluding hydrogens is 128 g/mol. The molecule has 3 nitrogen and oxygen atoms in total. The predicted molar refractivity (Wildman–Crippen MR) is 37.2 cm³/mol. The van der Waals surface area contributed by atoms with Gasteiger partial charge in [0, 0.05) is 0 Å². The van der Waals surface area contributed by atoms with Crippen molar-refractivity contribution in [3.8, 4) is 6.07 Å². The molecule has 0 amide bonds. The molecule has 1 fully saturated rings. The lowest BCUT2D eigenvalue weighted by atomic mass is 10.1. The Hall–Kier alpha value is -0.590. The summed E-state index contributed by atoms with van der Waals surface area (Å²) in [4.78, 5) is 0. The molecule has 3 unspecified atom stereocenters. The van der Waals surface area contributed by atoms with E-state index in [0.29, 0.717) is 0 Å². The second-order valence-electron chi connectivity index (χ2n) is 2.72. The van der Waals surface area contributed by atoms with Crippen LogP contribution in [0.1, 0.15) is 19.8 Å². The summed E-state index contributed by atoms with van der Waals surface area (Å²) in [6.45, 7) is 2.00. The van der Waals surface area contributed by atoms with Crippen LogP contribution in [-0.4, -0.2) is 18.2 Å². The smallest absolute Gasteiger partial charge is 0.119 e. The van der Waals surface area contributed by atoms with Crippen molar-refractivity contribution in [2.45, 2.75) is 38.0 Å². The van der Waals surface area contributed by atoms with Crippen molar-refractivity contribution in [1.29, 1.82) is 5.26 Å². The fourth-order valence-corrected chi connectivity index (χ4v) is 1.18. The molecule has 1 rings (SSSR count). The maximum atomic E-state index is 8.43. The summed E-state index contributed by atoms with van der Waals surface area (Å²) in [6.07, 6.45) is 2.21. The van der Waals surface area contributed by atoms with E-state index in [-0.39, 0.29) is 12.2 Å². The van der Waals surface area contributed by atoms with Crippen molar-refractivity contribution in [3.63, 3.8) is 0 Å². The van der Waals surface area contributed by atoms with Crippen LogP contribution in [-0.2, 0) is 4.74 Å². The highest BCUT2D eigenvalue weighted by Gasteiger charge is 2.26. The minimum atomic E-state index is -0.440. The first-order valence-corrected chi connectivity index (χ1v) is 3.54. The summed E-state index contributed by atoms with van der Waals surface area (Å²) in [5.41, 5.74) is 5.45. The zero-order chi connectivity index (χ0) is 7.56. The van der Waals surface area contributed by atoms with Crippen molar-refractivity contribution in [3.05, 3.63) is 0 Å². The van der Waals surface area contributed by atoms with Gasteiger partial charge >= 0.3 is 0 Å². The average Bonchev–Trinajstić information content (AvgIpc) is 2.34. The molecule has 0 aromatic rings. The van der Waals surface area contributed by atoms with Crippen LogP contribution in [0.15, 0.2) is 0 Å². The topological polar surface area (TPSA) is 59.0 Å². The third-order valence-corrected chi connectivity index (χ3v) is 1.81. The first-order chi connectivity index (χ1) is 4.74. The van der Waals surface area contributed by atoms with Crippen LogP contribution in [0.3, 0.4) is 0 Å². The van der Waals surface area contributed by atoms with Crippen LogP contribution < -0.4 is 5.73 Å². The third kappa shape index (κ3) is 1.47. The normalized spacial score (nSPS) is 35.3. The highest BCUT2D eigenvalue weighted by Crippen LogP contribution is 2.20. The highest BCUT2D eigenvalue weighted by molar-refractivity contribution is 4.95. The largest absolute Gasteiger partial charge is 0.373 e. The van der Waals surface area contributed by atoms with Gasteiger partial charge in [-0.3, -0.25) is 0 Å². The second-order valence-corrected chi connectivity index (χ2v) is 2.72. The molecule has 0 aromatic heterocycles. The van der Waals surface area contributed by atoms with Gasteiger partial charge in [0.25, 0.3) is 0 Å². The molecule has 0 bridgehead atoms. The van der Waals surface area contributed by atoms with Gasteiger partial charge in [-0.15, -0.1) is 0 Å². The Morgan fingerprint density at radius 3 is 2.80 bits per heavy atom. The molecule has 0 spiro atoms. The Balaban J connectivity index is 2.39. The molecule has 3 heteroatoms. The van der Waals surface area contributed by atoms with Crippen molar-refractivity contribution in [2.75, 3.05) is 0 Å². The molecule has 0 aliphatic carbocycles. The second kappa shape index (κ2) is 3.00. The van der Waals surface area contributed by atoms with Gasteiger partial charge in [-0.25, -0.2) is 0 Å². The van der Waals surface area contributed by atoms with E-state index in [0.717, 1.165) is 12.8 Å². The van der Waals surface area contributed by atoms with Crippen molar-refractivity contribution < 1.29 is 4.74 Å². The summed E-state index contributed by atoms with van der Waals surface area (Å²) in [5.74, 6) is 0. The van der Waals surface area contributed by atoms with Gasteiger partial charge < -0.3 is 10.5 Å². The summed E-state index contributed by atoms with van der Waals surface area (Å²) in [5, 5.41) is 8.43. The minimum absolute atomic E-state index is 0.0278. The van der Waals surface area contributed by atoms with E-state index in [9.17, 15) is 0 Å². The van der Waals surface area contributed by atoms with E-state index in [1.165, 1.54) is 0 Å². The van der Waals surface area contributed by atoms with Gasteiger partial charge in [-0.05, 0) is 19.8 Å². The number of ether oxygens (including phenoxy) is 1. The Kier molecular flexibility index (Phi) is 2.25. The Labute approximate surface area is 60.8 Å². The maximum Gasteiger partial charge on any atom is 0.119 e. The molecular formula is C7H12N2O. The fourth-order valence-electron chi connectivity index (χ4n) is 1.18. The average molecular weight is 140 g/mol. The van der Waals surface area contributed by atoms with Crippen LogP contribution in [0.5, 0.6) is 0 Å². The van der Waals surface area contributed by atoms with Crippen LogP contribution >= 0.6 is 0 Å². The molecule has 1 aliphatic heterocycles. The van der Waals surface area contributed by atoms with E-state index < -0.39 is 6.04 Å². The molecule has 0 saturated carbocycles. The van der Waals surface area contributed by atoms with E-state index >= 15 is 0 Å². The van der Waals surface area contributed by atoms with Crippen molar-refractivity contribution in [1.82, 2.24) is 0 Å². The van der Waals surface area contributed by atoms with Gasteiger partial charge in [-0.1, -0.05) is 0 Å². The molecule has 1 heterocycles. The molecule has 2 N–H and O–H groups in total. The van der Waals surface area contributed by atoms with E-state index in [1.807, 2.05) is 13.0 Å². The molecule has 0 radical (unpaired) electrons. The van der Waals surface area contributed by atoms with Crippen LogP contribution in [0.25, 0.3) is 0 Å². The lowest BCUT2D eigenvalue weighted by molar-refractivity contribution is 0.0501. The molecule has 1 saturated heterocycles. The van der Waals surface area contributed by atoms with E-state index in [4.69, 9.17) is 15.7 Å². The summed E-state index contributed by atoms with van der Waals surface area (Å²) in [6, 6.07) is 1.54. The molecule has 3 atom stereocenters. The highest BCUT2D eigenvalue weighted by atomic mass is 16.5. The van der Waals surface area contributed by atoms with Crippen molar-refractivity contribution >= 4 is 0 Å². The fraction of sp³-hybridized carbons (Fsp3) is 0.857. The van der Waals surface area contributed by atoms with E-state index in [2.05, 4.69) is 0 Å². The first kappa shape index (κ1) is 7.52. The van der Waals surface area contributed by atoms with Gasteiger partial charge in [0.05, 0.1) is 18.3 Å². The summed E-state index contributed by atoms with van der Waals surface area (Å²) < 4.78 is 5.37. The third-order valence-electron chi connectivity index (χ3n) is 1.81. The van der Waals surface area contributed by atoms with Gasteiger partial charge in [0.15, 0.2) is 0 Å². The van der Waals surface area contributed by atoms with Crippen LogP contribution in [0, 0.1) is 11.3 Å². The van der Waals surface area contributed by atoms with Crippen molar-refractivity contribution in [2.24, 2.45) is 5.73 Å². The maximum absolute atomic E-state index is 8.43. The van der Waals surface area contributed by atoms with Crippen LogP contribution in [0.2, 0.25) is 0 Å². The van der Waals surface area contributed by atoms with Gasteiger partial charge in [0.1, 0.15) is 6.04 Å². The Morgan fingerprint density at radius 1 is 1.70 bits per heavy atom. The number of nitrogens with two attached hydrogens (primary N) is 1. The lowest BCUT2D eigenvalue weighted by Gasteiger charge is -2.11. The number of nitriles is 1. The Bertz CT molecular complexity index is 152. The monoisotopic (exact) mass is 140 g/mol. The molecule has 10 heavy (non-hydrogen) atoms. The summed E-state index contributed by atoms with van der Waals surface area (Å²) in [7, 11) is 0. The van der Waals surface area contributed by atoms with Crippen LogP contribution in [0.4, 0.5) is 0 Å². The number of hydrogen-bond acceptors (Lipinski definition) is 3. The van der Waals surface area contributed by atoms with Gasteiger partial charge in [-0.2, -0.15) is 5.26 Å². The zero-order valence-electron chi connectivity index (χ0n) is 6.08. The Morgan fingerprint density at radius 2 is 2.40 bits per heavy atom. The van der Waals surface area contributed by atoms with Gasteiger partial charge in [0.2, 0.25) is 0 Å². The van der Waals surface area contributed by atoms with E-state index in [1.54, 1.807) is 0 Å². The quantitative estimate of drug-likeness (QED) is 0.573. The minimum Gasteiger partial charge on any atom is -0.373 e. The SMILES string of the molecule is CC1CCC(C(N)C#N)O1. The predicted octanol–water partition coefficient (Wildman–Crippen LogP) is 0.405. The lowest BCUT2D eigenvalue weighted by Crippen LogP contribution is -2.32. The standard InChI is InChI=1S/C7H12N2O/c1-5-2-3-7(10-5)6(9)4-8/h5-7H,2-3,9H2,1H3.